The molecule has 1 aliphatic heterocycles. The van der Waals surface area contributed by atoms with Gasteiger partial charge in [-0.2, -0.15) is 0 Å². The second-order valence-corrected chi connectivity index (χ2v) is 4.44. The lowest BCUT2D eigenvalue weighted by Crippen LogP contribution is -2.19. The summed E-state index contributed by atoms with van der Waals surface area (Å²) in [6.07, 6.45) is 4.71. The van der Waals surface area contributed by atoms with E-state index >= 15 is 0 Å². The van der Waals surface area contributed by atoms with Crippen LogP contribution in [-0.2, 0) is 4.74 Å². The number of Topliss-reactive ketones (excluding diaryl/α,β-unsaturated/α-hetero) is 1. The molecule has 1 aliphatic rings. The highest BCUT2D eigenvalue weighted by Gasteiger charge is 2.25. The molecule has 92 valence electrons. The summed E-state index contributed by atoms with van der Waals surface area (Å²) in [7, 11) is 0. The molecule has 4 heteroatoms. The highest BCUT2D eigenvalue weighted by molar-refractivity contribution is 5.99. The Bertz CT molecular complexity index is 397. The molecule has 0 bridgehead atoms. The SMILES string of the molecule is CC(C)Oc1cncc(C(=O)C2CCCO2)c1. The minimum Gasteiger partial charge on any atom is -0.489 e. The van der Waals surface area contributed by atoms with E-state index in [1.807, 2.05) is 13.8 Å². The van der Waals surface area contributed by atoms with Gasteiger partial charge in [-0.05, 0) is 32.8 Å². The van der Waals surface area contributed by atoms with Crippen molar-refractivity contribution in [2.24, 2.45) is 0 Å². The van der Waals surface area contributed by atoms with Crippen LogP contribution in [0, 0.1) is 0 Å². The first kappa shape index (κ1) is 12.0. The number of ketones is 1. The van der Waals surface area contributed by atoms with Crippen molar-refractivity contribution in [1.82, 2.24) is 4.98 Å². The maximum atomic E-state index is 12.1. The quantitative estimate of drug-likeness (QED) is 0.751. The van der Waals surface area contributed by atoms with Gasteiger partial charge in [0.15, 0.2) is 5.78 Å². The normalized spacial score (nSPS) is 19.6. The first-order valence-electron chi connectivity index (χ1n) is 5.94. The first-order chi connectivity index (χ1) is 8.16. The van der Waals surface area contributed by atoms with Crippen LogP contribution in [0.2, 0.25) is 0 Å². The summed E-state index contributed by atoms with van der Waals surface area (Å²) < 4.78 is 10.9. The van der Waals surface area contributed by atoms with Gasteiger partial charge in [-0.25, -0.2) is 0 Å². The number of nitrogens with zero attached hydrogens (tertiary/aromatic N) is 1. The van der Waals surface area contributed by atoms with Crippen LogP contribution in [0.3, 0.4) is 0 Å². The van der Waals surface area contributed by atoms with Crippen LogP contribution >= 0.6 is 0 Å². The van der Waals surface area contributed by atoms with Crippen LogP contribution in [0.4, 0.5) is 0 Å². The standard InChI is InChI=1S/C13H17NO3/c1-9(2)17-11-6-10(7-14-8-11)13(15)12-4-3-5-16-12/h6-9,12H,3-5H2,1-2H3. The lowest BCUT2D eigenvalue weighted by atomic mass is 10.1. The summed E-state index contributed by atoms with van der Waals surface area (Å²) >= 11 is 0. The van der Waals surface area contributed by atoms with Crippen LogP contribution in [0.15, 0.2) is 18.5 Å². The number of rotatable bonds is 4. The first-order valence-corrected chi connectivity index (χ1v) is 5.94. The van der Waals surface area contributed by atoms with Gasteiger partial charge in [-0.3, -0.25) is 9.78 Å². The Hall–Kier alpha value is -1.42. The molecule has 1 aromatic heterocycles. The third kappa shape index (κ3) is 3.03. The van der Waals surface area contributed by atoms with E-state index < -0.39 is 0 Å². The minimum atomic E-state index is -0.300. The van der Waals surface area contributed by atoms with Gasteiger partial charge in [-0.1, -0.05) is 0 Å². The molecule has 17 heavy (non-hydrogen) atoms. The Kier molecular flexibility index (Phi) is 3.74. The molecule has 0 saturated carbocycles. The summed E-state index contributed by atoms with van der Waals surface area (Å²) in [6.45, 7) is 4.55. The van der Waals surface area contributed by atoms with Crippen molar-refractivity contribution in [1.29, 1.82) is 0 Å². The molecule has 1 atom stereocenters. The van der Waals surface area contributed by atoms with Crippen LogP contribution < -0.4 is 4.74 Å². The van der Waals surface area contributed by atoms with Crippen LogP contribution in [0.1, 0.15) is 37.0 Å². The number of hydrogen-bond donors (Lipinski definition) is 0. The molecule has 4 nitrogen and oxygen atoms in total. The second kappa shape index (κ2) is 5.27. The van der Waals surface area contributed by atoms with Crippen LogP contribution in [0.5, 0.6) is 5.75 Å². The highest BCUT2D eigenvalue weighted by Crippen LogP contribution is 2.19. The van der Waals surface area contributed by atoms with Gasteiger partial charge in [0, 0.05) is 18.4 Å². The average molecular weight is 235 g/mol. The molecule has 1 saturated heterocycles. The second-order valence-electron chi connectivity index (χ2n) is 4.44. The monoisotopic (exact) mass is 235 g/mol. The highest BCUT2D eigenvalue weighted by atomic mass is 16.5. The van der Waals surface area contributed by atoms with Crippen molar-refractivity contribution in [3.8, 4) is 5.75 Å². The van der Waals surface area contributed by atoms with Gasteiger partial charge >= 0.3 is 0 Å². The van der Waals surface area contributed by atoms with Gasteiger partial charge < -0.3 is 9.47 Å². The number of carbonyl (C=O) groups is 1. The van der Waals surface area contributed by atoms with E-state index in [1.54, 1.807) is 18.5 Å². The van der Waals surface area contributed by atoms with Crippen LogP contribution in [0.25, 0.3) is 0 Å². The predicted molar refractivity (Wildman–Crippen MR) is 63.3 cm³/mol. The van der Waals surface area contributed by atoms with Crippen molar-refractivity contribution in [2.75, 3.05) is 6.61 Å². The molecule has 0 amide bonds. The Morgan fingerprint density at radius 2 is 2.35 bits per heavy atom. The molecular formula is C13H17NO3. The van der Waals surface area contributed by atoms with Gasteiger partial charge in [0.1, 0.15) is 11.9 Å². The van der Waals surface area contributed by atoms with E-state index in [9.17, 15) is 4.79 Å². The number of pyridine rings is 1. The Labute approximate surface area is 101 Å². The summed E-state index contributed by atoms with van der Waals surface area (Å²) in [5.74, 6) is 0.632. The summed E-state index contributed by atoms with van der Waals surface area (Å²) in [6, 6.07) is 1.73. The molecule has 0 N–H and O–H groups in total. The average Bonchev–Trinajstić information content (AvgIpc) is 2.81. The van der Waals surface area contributed by atoms with Gasteiger partial charge in [0.2, 0.25) is 0 Å². The number of aromatic nitrogens is 1. The maximum absolute atomic E-state index is 12.1. The van der Waals surface area contributed by atoms with E-state index in [4.69, 9.17) is 9.47 Å². The van der Waals surface area contributed by atoms with E-state index in [0.29, 0.717) is 17.9 Å². The zero-order valence-electron chi connectivity index (χ0n) is 10.2. The predicted octanol–water partition coefficient (Wildman–Crippen LogP) is 2.23. The fraction of sp³-hybridized carbons (Fsp3) is 0.538. The fourth-order valence-corrected chi connectivity index (χ4v) is 1.86. The topological polar surface area (TPSA) is 48.4 Å². The fourth-order valence-electron chi connectivity index (χ4n) is 1.86. The molecular weight excluding hydrogens is 218 g/mol. The van der Waals surface area contributed by atoms with Crippen LogP contribution in [-0.4, -0.2) is 29.6 Å². The zero-order valence-corrected chi connectivity index (χ0v) is 10.2. The lowest BCUT2D eigenvalue weighted by Gasteiger charge is -2.11. The summed E-state index contributed by atoms with van der Waals surface area (Å²) in [5, 5.41) is 0. The zero-order chi connectivity index (χ0) is 12.3. The van der Waals surface area contributed by atoms with E-state index in [-0.39, 0.29) is 18.0 Å². The smallest absolute Gasteiger partial charge is 0.193 e. The number of carbonyl (C=O) groups excluding carboxylic acids is 1. The summed E-state index contributed by atoms with van der Waals surface area (Å²) in [5.41, 5.74) is 0.565. The van der Waals surface area contributed by atoms with Crippen molar-refractivity contribution >= 4 is 5.78 Å². The molecule has 0 spiro atoms. The summed E-state index contributed by atoms with van der Waals surface area (Å²) in [4.78, 5) is 16.1. The molecule has 0 aromatic carbocycles. The van der Waals surface area contributed by atoms with E-state index in [2.05, 4.69) is 4.98 Å². The Balaban J connectivity index is 2.12. The van der Waals surface area contributed by atoms with Gasteiger partial charge in [0.05, 0.1) is 12.3 Å². The molecule has 1 aromatic rings. The number of hydrogen-bond acceptors (Lipinski definition) is 4. The third-order valence-corrected chi connectivity index (χ3v) is 2.59. The molecule has 2 heterocycles. The minimum absolute atomic E-state index is 0.00389. The van der Waals surface area contributed by atoms with E-state index in [1.165, 1.54) is 0 Å². The Morgan fingerprint density at radius 1 is 1.53 bits per heavy atom. The van der Waals surface area contributed by atoms with Gasteiger partial charge in [-0.15, -0.1) is 0 Å². The van der Waals surface area contributed by atoms with Crippen molar-refractivity contribution < 1.29 is 14.3 Å². The van der Waals surface area contributed by atoms with Crippen molar-refractivity contribution in [3.05, 3.63) is 24.0 Å². The Morgan fingerprint density at radius 3 is 3.00 bits per heavy atom. The largest absolute Gasteiger partial charge is 0.489 e. The molecule has 0 radical (unpaired) electrons. The van der Waals surface area contributed by atoms with Gasteiger partial charge in [0.25, 0.3) is 0 Å². The molecule has 0 aliphatic carbocycles. The van der Waals surface area contributed by atoms with Crippen molar-refractivity contribution in [3.63, 3.8) is 0 Å². The lowest BCUT2D eigenvalue weighted by molar-refractivity contribution is 0.0642. The maximum Gasteiger partial charge on any atom is 0.193 e. The molecule has 1 fully saturated rings. The van der Waals surface area contributed by atoms with Crippen molar-refractivity contribution in [2.45, 2.75) is 38.9 Å². The molecule has 1 unspecified atom stereocenters. The third-order valence-electron chi connectivity index (χ3n) is 2.59. The molecule has 2 rings (SSSR count). The van der Waals surface area contributed by atoms with E-state index in [0.717, 1.165) is 12.8 Å². The number of ether oxygens (including phenoxy) is 2.